The molecule has 0 spiro atoms. The molecular weight excluding hydrogens is 416 g/mol. The predicted molar refractivity (Wildman–Crippen MR) is 129 cm³/mol. The van der Waals surface area contributed by atoms with Crippen LogP contribution in [0, 0.1) is 0 Å². The molecule has 8 nitrogen and oxygen atoms in total. The first-order chi connectivity index (χ1) is 16.1. The van der Waals surface area contributed by atoms with Crippen molar-refractivity contribution in [3.63, 3.8) is 0 Å². The Hall–Kier alpha value is -3.94. The van der Waals surface area contributed by atoms with E-state index in [-0.39, 0.29) is 12.0 Å². The van der Waals surface area contributed by atoms with Gasteiger partial charge >= 0.3 is 0 Å². The van der Waals surface area contributed by atoms with Gasteiger partial charge in [-0.25, -0.2) is 4.98 Å². The maximum atomic E-state index is 13.0. The number of benzene rings is 1. The molecule has 0 aliphatic carbocycles. The maximum Gasteiger partial charge on any atom is 0.276 e. The van der Waals surface area contributed by atoms with Crippen molar-refractivity contribution in [1.82, 2.24) is 20.2 Å². The van der Waals surface area contributed by atoms with E-state index < -0.39 is 0 Å². The summed E-state index contributed by atoms with van der Waals surface area (Å²) in [4.78, 5) is 24.0. The summed E-state index contributed by atoms with van der Waals surface area (Å²) in [5.41, 5.74) is 4.84. The predicted octanol–water partition coefficient (Wildman–Crippen LogP) is 4.66. The summed E-state index contributed by atoms with van der Waals surface area (Å²) >= 11 is 0. The van der Waals surface area contributed by atoms with Crippen LogP contribution < -0.4 is 15.0 Å². The van der Waals surface area contributed by atoms with Crippen molar-refractivity contribution in [2.45, 2.75) is 32.8 Å². The number of aromatic nitrogens is 4. The highest BCUT2D eigenvalue weighted by atomic mass is 16.5. The van der Waals surface area contributed by atoms with Gasteiger partial charge in [0.15, 0.2) is 5.69 Å². The van der Waals surface area contributed by atoms with Gasteiger partial charge in [0.25, 0.3) is 5.91 Å². The highest BCUT2D eigenvalue weighted by molar-refractivity contribution is 6.11. The molecular formula is C25H26N6O2. The van der Waals surface area contributed by atoms with Gasteiger partial charge in [-0.05, 0) is 56.5 Å². The number of ether oxygens (including phenoxy) is 1. The molecule has 8 heteroatoms. The van der Waals surface area contributed by atoms with Crippen LogP contribution in [0.4, 0.5) is 11.4 Å². The van der Waals surface area contributed by atoms with Crippen LogP contribution in [0.2, 0.25) is 0 Å². The highest BCUT2D eigenvalue weighted by Gasteiger charge is 2.17. The number of hydrogen-bond donors (Lipinski definition) is 2. The Morgan fingerprint density at radius 3 is 2.67 bits per heavy atom. The lowest BCUT2D eigenvalue weighted by Crippen LogP contribution is -2.17. The monoisotopic (exact) mass is 442 g/mol. The number of aromatic amines is 1. The Bertz CT molecular complexity index is 1280. The average Bonchev–Trinajstić information content (AvgIpc) is 3.50. The molecule has 4 heterocycles. The van der Waals surface area contributed by atoms with Crippen LogP contribution in [0.25, 0.3) is 22.0 Å². The molecule has 5 rings (SSSR count). The van der Waals surface area contributed by atoms with E-state index in [1.807, 2.05) is 44.4 Å². The van der Waals surface area contributed by atoms with Crippen molar-refractivity contribution < 1.29 is 9.53 Å². The number of nitrogens with one attached hydrogen (secondary N) is 2. The number of rotatable bonds is 6. The van der Waals surface area contributed by atoms with E-state index >= 15 is 0 Å². The molecule has 0 radical (unpaired) electrons. The standard InChI is InChI=1S/C25H26N6O2/c1-16(2)33-23-8-6-19(14-27-23)28-25(32)24-21-12-17(5-7-22(21)29-30-24)18-11-20(15-26-13-18)31-9-3-4-10-31/h5-8,11-16H,3-4,9-10H2,1-2H3,(H,28,32)(H,29,30). The molecule has 0 unspecified atom stereocenters. The van der Waals surface area contributed by atoms with Crippen molar-refractivity contribution in [1.29, 1.82) is 0 Å². The van der Waals surface area contributed by atoms with E-state index in [0.717, 1.165) is 40.8 Å². The topological polar surface area (TPSA) is 96.0 Å². The molecule has 1 aromatic carbocycles. The minimum Gasteiger partial charge on any atom is -0.475 e. The van der Waals surface area contributed by atoms with Crippen molar-refractivity contribution in [2.75, 3.05) is 23.3 Å². The Kier molecular flexibility index (Phi) is 5.64. The highest BCUT2D eigenvalue weighted by Crippen LogP contribution is 2.29. The zero-order valence-corrected chi connectivity index (χ0v) is 18.7. The minimum atomic E-state index is -0.304. The zero-order chi connectivity index (χ0) is 22.8. The second-order valence-corrected chi connectivity index (χ2v) is 8.46. The molecule has 1 aliphatic rings. The lowest BCUT2D eigenvalue weighted by Gasteiger charge is -2.17. The number of fused-ring (bicyclic) bond motifs is 1. The number of anilines is 2. The van der Waals surface area contributed by atoms with Crippen molar-refractivity contribution >= 4 is 28.2 Å². The Morgan fingerprint density at radius 1 is 1.06 bits per heavy atom. The second-order valence-electron chi connectivity index (χ2n) is 8.46. The largest absolute Gasteiger partial charge is 0.475 e. The third kappa shape index (κ3) is 4.50. The fraction of sp³-hybridized carbons (Fsp3) is 0.280. The van der Waals surface area contributed by atoms with Crippen LogP contribution in [0.3, 0.4) is 0 Å². The van der Waals surface area contributed by atoms with Crippen LogP contribution in [-0.4, -0.2) is 45.3 Å². The summed E-state index contributed by atoms with van der Waals surface area (Å²) in [6.07, 6.45) is 7.81. The van der Waals surface area contributed by atoms with Crippen LogP contribution >= 0.6 is 0 Å². The van der Waals surface area contributed by atoms with Crippen molar-refractivity contribution in [3.05, 3.63) is 60.7 Å². The fourth-order valence-electron chi connectivity index (χ4n) is 4.06. The summed E-state index contributed by atoms with van der Waals surface area (Å²) in [7, 11) is 0. The molecule has 1 fully saturated rings. The van der Waals surface area contributed by atoms with E-state index in [9.17, 15) is 4.79 Å². The summed E-state index contributed by atoms with van der Waals surface area (Å²) < 4.78 is 5.55. The maximum absolute atomic E-state index is 13.0. The third-order valence-corrected chi connectivity index (χ3v) is 5.66. The molecule has 3 aromatic heterocycles. The summed E-state index contributed by atoms with van der Waals surface area (Å²) in [6, 6.07) is 11.6. The van der Waals surface area contributed by atoms with E-state index in [4.69, 9.17) is 4.74 Å². The summed E-state index contributed by atoms with van der Waals surface area (Å²) in [6.45, 7) is 6.01. The SMILES string of the molecule is CC(C)Oc1ccc(NC(=O)c2n[nH]c3ccc(-c4cncc(N5CCCC5)c4)cc23)cn1. The van der Waals surface area contributed by atoms with Crippen LogP contribution in [-0.2, 0) is 0 Å². The molecule has 33 heavy (non-hydrogen) atoms. The van der Waals surface area contributed by atoms with Gasteiger partial charge in [-0.1, -0.05) is 6.07 Å². The van der Waals surface area contributed by atoms with E-state index in [1.54, 1.807) is 18.3 Å². The molecule has 1 aliphatic heterocycles. The normalized spacial score (nSPS) is 13.6. The van der Waals surface area contributed by atoms with Gasteiger partial charge in [0.1, 0.15) is 0 Å². The van der Waals surface area contributed by atoms with Gasteiger partial charge < -0.3 is 15.0 Å². The minimum absolute atomic E-state index is 0.0359. The van der Waals surface area contributed by atoms with Crippen LogP contribution in [0.1, 0.15) is 37.2 Å². The number of pyridine rings is 2. The Balaban J connectivity index is 1.39. The smallest absolute Gasteiger partial charge is 0.276 e. The number of H-pyrrole nitrogens is 1. The summed E-state index contributed by atoms with van der Waals surface area (Å²) in [5, 5.41) is 10.8. The molecule has 1 saturated heterocycles. The third-order valence-electron chi connectivity index (χ3n) is 5.66. The lowest BCUT2D eigenvalue weighted by atomic mass is 10.0. The Labute approximate surface area is 192 Å². The molecule has 0 bridgehead atoms. The van der Waals surface area contributed by atoms with Gasteiger partial charge in [0.05, 0.1) is 35.4 Å². The number of nitrogens with zero attached hydrogens (tertiary/aromatic N) is 4. The first kappa shape index (κ1) is 20.9. The van der Waals surface area contributed by atoms with Crippen molar-refractivity contribution in [2.24, 2.45) is 0 Å². The molecule has 4 aromatic rings. The molecule has 2 N–H and O–H groups in total. The van der Waals surface area contributed by atoms with Crippen LogP contribution in [0.15, 0.2) is 55.0 Å². The van der Waals surface area contributed by atoms with E-state index in [0.29, 0.717) is 17.3 Å². The zero-order valence-electron chi connectivity index (χ0n) is 18.7. The fourth-order valence-corrected chi connectivity index (χ4v) is 4.06. The van der Waals surface area contributed by atoms with Gasteiger partial charge in [-0.15, -0.1) is 0 Å². The molecule has 0 saturated carbocycles. The summed E-state index contributed by atoms with van der Waals surface area (Å²) in [5.74, 6) is 0.212. The molecule has 168 valence electrons. The van der Waals surface area contributed by atoms with Gasteiger partial charge in [-0.3, -0.25) is 14.9 Å². The lowest BCUT2D eigenvalue weighted by molar-refractivity contribution is 0.102. The number of hydrogen-bond acceptors (Lipinski definition) is 6. The van der Waals surface area contributed by atoms with E-state index in [2.05, 4.69) is 36.4 Å². The van der Waals surface area contributed by atoms with E-state index in [1.165, 1.54) is 12.8 Å². The number of carbonyl (C=O) groups is 1. The van der Waals surface area contributed by atoms with Gasteiger partial charge in [-0.2, -0.15) is 5.10 Å². The molecule has 0 atom stereocenters. The first-order valence-corrected chi connectivity index (χ1v) is 11.2. The van der Waals surface area contributed by atoms with Crippen molar-refractivity contribution in [3.8, 4) is 17.0 Å². The number of carbonyl (C=O) groups excluding carboxylic acids is 1. The second kappa shape index (κ2) is 8.90. The molecule has 1 amide bonds. The van der Waals surface area contributed by atoms with Crippen LogP contribution in [0.5, 0.6) is 5.88 Å². The van der Waals surface area contributed by atoms with Gasteiger partial charge in [0, 0.05) is 36.3 Å². The number of amides is 1. The first-order valence-electron chi connectivity index (χ1n) is 11.2. The van der Waals surface area contributed by atoms with Gasteiger partial charge in [0.2, 0.25) is 5.88 Å². The quantitative estimate of drug-likeness (QED) is 0.451. The Morgan fingerprint density at radius 2 is 1.91 bits per heavy atom. The average molecular weight is 443 g/mol.